The summed E-state index contributed by atoms with van der Waals surface area (Å²) in [6.45, 7) is 2.28. The Kier molecular flexibility index (Phi) is 3.58. The summed E-state index contributed by atoms with van der Waals surface area (Å²) in [4.78, 5) is 26.4. The molecular formula is C16H14N2O2S. The van der Waals surface area contributed by atoms with Gasteiger partial charge in [-0.3, -0.25) is 9.69 Å². The number of aryl methyl sites for hydroxylation is 1. The van der Waals surface area contributed by atoms with Crippen molar-refractivity contribution < 1.29 is 9.59 Å². The largest absolute Gasteiger partial charge is 0.329 e. The molecule has 1 aliphatic rings. The van der Waals surface area contributed by atoms with Gasteiger partial charge in [0.15, 0.2) is 0 Å². The van der Waals surface area contributed by atoms with Crippen LogP contribution in [0, 0.1) is 6.92 Å². The highest BCUT2D eigenvalue weighted by atomic mass is 32.1. The predicted molar refractivity (Wildman–Crippen MR) is 82.6 cm³/mol. The number of thiophene rings is 1. The first-order valence-electron chi connectivity index (χ1n) is 6.57. The number of urea groups is 1. The summed E-state index contributed by atoms with van der Waals surface area (Å²) in [6.07, 6.45) is 1.71. The molecule has 106 valence electrons. The minimum atomic E-state index is -0.372. The van der Waals surface area contributed by atoms with Crippen molar-refractivity contribution in [1.82, 2.24) is 10.2 Å². The SMILES string of the molecule is Cc1ccc(CN2C(=O)N/C(=C/c3cccs3)C2=O)cc1. The molecule has 0 saturated carbocycles. The second-order valence-corrected chi connectivity index (χ2v) is 5.86. The molecule has 3 amide bonds. The lowest BCUT2D eigenvalue weighted by atomic mass is 10.1. The Morgan fingerprint density at radius 1 is 1.19 bits per heavy atom. The van der Waals surface area contributed by atoms with Crippen molar-refractivity contribution in [2.75, 3.05) is 0 Å². The Bertz CT molecular complexity index is 702. The van der Waals surface area contributed by atoms with Crippen LogP contribution in [0.3, 0.4) is 0 Å². The highest BCUT2D eigenvalue weighted by Crippen LogP contribution is 2.19. The van der Waals surface area contributed by atoms with Gasteiger partial charge in [-0.15, -0.1) is 11.3 Å². The lowest BCUT2D eigenvalue weighted by Crippen LogP contribution is -2.30. The van der Waals surface area contributed by atoms with Crippen LogP contribution in [0.5, 0.6) is 0 Å². The van der Waals surface area contributed by atoms with Crippen molar-refractivity contribution in [3.05, 3.63) is 63.5 Å². The van der Waals surface area contributed by atoms with E-state index in [0.717, 1.165) is 16.0 Å². The van der Waals surface area contributed by atoms with Gasteiger partial charge in [0, 0.05) is 4.88 Å². The van der Waals surface area contributed by atoms with Crippen LogP contribution < -0.4 is 5.32 Å². The number of carbonyl (C=O) groups excluding carboxylic acids is 2. The summed E-state index contributed by atoms with van der Waals surface area (Å²) in [5.41, 5.74) is 2.41. The molecular weight excluding hydrogens is 284 g/mol. The fourth-order valence-corrected chi connectivity index (χ4v) is 2.76. The molecule has 2 heterocycles. The average molecular weight is 298 g/mol. The zero-order valence-electron chi connectivity index (χ0n) is 11.5. The van der Waals surface area contributed by atoms with Gasteiger partial charge < -0.3 is 5.32 Å². The van der Waals surface area contributed by atoms with Crippen molar-refractivity contribution in [3.8, 4) is 0 Å². The molecule has 4 nitrogen and oxygen atoms in total. The molecule has 1 aromatic heterocycles. The van der Waals surface area contributed by atoms with E-state index in [0.29, 0.717) is 5.70 Å². The minimum Gasteiger partial charge on any atom is -0.303 e. The third-order valence-electron chi connectivity index (χ3n) is 3.25. The monoisotopic (exact) mass is 298 g/mol. The summed E-state index contributed by atoms with van der Waals surface area (Å²) in [7, 11) is 0. The Morgan fingerprint density at radius 2 is 1.95 bits per heavy atom. The molecule has 0 bridgehead atoms. The first-order chi connectivity index (χ1) is 10.1. The van der Waals surface area contributed by atoms with Crippen LogP contribution in [0.2, 0.25) is 0 Å². The Morgan fingerprint density at radius 3 is 2.62 bits per heavy atom. The molecule has 21 heavy (non-hydrogen) atoms. The van der Waals surface area contributed by atoms with Gasteiger partial charge in [-0.2, -0.15) is 0 Å². The molecule has 0 aliphatic carbocycles. The summed E-state index contributed by atoms with van der Waals surface area (Å²) in [6, 6.07) is 11.2. The maximum Gasteiger partial charge on any atom is 0.329 e. The van der Waals surface area contributed by atoms with Gasteiger partial charge in [-0.25, -0.2) is 4.79 Å². The number of rotatable bonds is 3. The van der Waals surface area contributed by atoms with Crippen molar-refractivity contribution in [1.29, 1.82) is 0 Å². The molecule has 1 saturated heterocycles. The molecule has 0 spiro atoms. The van der Waals surface area contributed by atoms with Gasteiger partial charge in [0.05, 0.1) is 6.54 Å². The van der Waals surface area contributed by atoms with Crippen LogP contribution in [0.4, 0.5) is 4.79 Å². The lowest BCUT2D eigenvalue weighted by Gasteiger charge is -2.11. The second-order valence-electron chi connectivity index (χ2n) is 4.88. The Labute approximate surface area is 126 Å². The molecule has 0 unspecified atom stereocenters. The van der Waals surface area contributed by atoms with Crippen LogP contribution in [0.25, 0.3) is 6.08 Å². The van der Waals surface area contributed by atoms with E-state index in [2.05, 4.69) is 5.32 Å². The van der Waals surface area contributed by atoms with E-state index < -0.39 is 0 Å². The minimum absolute atomic E-state index is 0.283. The standard InChI is InChI=1S/C16H14N2O2S/c1-11-4-6-12(7-5-11)10-18-15(19)14(17-16(18)20)9-13-3-2-8-21-13/h2-9H,10H2,1H3,(H,17,20)/b14-9+. The maximum atomic E-state index is 12.3. The van der Waals surface area contributed by atoms with Gasteiger partial charge in [0.2, 0.25) is 0 Å². The van der Waals surface area contributed by atoms with Gasteiger partial charge in [0.1, 0.15) is 5.70 Å². The zero-order valence-corrected chi connectivity index (χ0v) is 12.3. The molecule has 5 heteroatoms. The van der Waals surface area contributed by atoms with Crippen molar-refractivity contribution >= 4 is 29.4 Å². The van der Waals surface area contributed by atoms with Gasteiger partial charge in [-0.1, -0.05) is 35.9 Å². The van der Waals surface area contributed by atoms with E-state index in [9.17, 15) is 9.59 Å². The number of amides is 3. The number of hydrogen-bond donors (Lipinski definition) is 1. The molecule has 3 rings (SSSR count). The number of carbonyl (C=O) groups is 2. The van der Waals surface area contributed by atoms with Crippen molar-refractivity contribution in [2.45, 2.75) is 13.5 Å². The van der Waals surface area contributed by atoms with E-state index in [1.54, 1.807) is 6.08 Å². The number of imide groups is 1. The third kappa shape index (κ3) is 2.87. The summed E-state index contributed by atoms with van der Waals surface area (Å²) in [5.74, 6) is -0.283. The van der Waals surface area contributed by atoms with E-state index >= 15 is 0 Å². The van der Waals surface area contributed by atoms with E-state index in [1.165, 1.54) is 16.2 Å². The quantitative estimate of drug-likeness (QED) is 0.699. The average Bonchev–Trinajstić information content (AvgIpc) is 3.06. The Hall–Kier alpha value is -2.40. The van der Waals surface area contributed by atoms with E-state index in [1.807, 2.05) is 48.7 Å². The molecule has 1 fully saturated rings. The molecule has 1 aliphatic heterocycles. The van der Waals surface area contributed by atoms with Gasteiger partial charge in [0.25, 0.3) is 5.91 Å². The van der Waals surface area contributed by atoms with Gasteiger partial charge >= 0.3 is 6.03 Å². The number of nitrogens with zero attached hydrogens (tertiary/aromatic N) is 1. The van der Waals surface area contributed by atoms with Crippen LogP contribution in [0.15, 0.2) is 47.5 Å². The van der Waals surface area contributed by atoms with Gasteiger partial charge in [-0.05, 0) is 30.0 Å². The molecule has 0 radical (unpaired) electrons. The highest BCUT2D eigenvalue weighted by Gasteiger charge is 2.33. The van der Waals surface area contributed by atoms with E-state index in [-0.39, 0.29) is 18.5 Å². The van der Waals surface area contributed by atoms with E-state index in [4.69, 9.17) is 0 Å². The number of benzene rings is 1. The molecule has 1 N–H and O–H groups in total. The molecule has 2 aromatic rings. The van der Waals surface area contributed by atoms with Crippen LogP contribution in [-0.4, -0.2) is 16.8 Å². The van der Waals surface area contributed by atoms with Crippen LogP contribution in [-0.2, 0) is 11.3 Å². The Balaban J connectivity index is 1.79. The number of hydrogen-bond acceptors (Lipinski definition) is 3. The fraction of sp³-hybridized carbons (Fsp3) is 0.125. The fourth-order valence-electron chi connectivity index (χ4n) is 2.11. The third-order valence-corrected chi connectivity index (χ3v) is 4.07. The van der Waals surface area contributed by atoms with Crippen molar-refractivity contribution in [2.24, 2.45) is 0 Å². The zero-order chi connectivity index (χ0) is 14.8. The normalized spacial score (nSPS) is 16.6. The summed E-state index contributed by atoms with van der Waals surface area (Å²) < 4.78 is 0. The smallest absolute Gasteiger partial charge is 0.303 e. The topological polar surface area (TPSA) is 49.4 Å². The second kappa shape index (κ2) is 5.54. The molecule has 0 atom stereocenters. The number of nitrogens with one attached hydrogen (secondary N) is 1. The van der Waals surface area contributed by atoms with Crippen molar-refractivity contribution in [3.63, 3.8) is 0 Å². The van der Waals surface area contributed by atoms with Crippen LogP contribution in [0.1, 0.15) is 16.0 Å². The first-order valence-corrected chi connectivity index (χ1v) is 7.45. The first kappa shape index (κ1) is 13.6. The highest BCUT2D eigenvalue weighted by molar-refractivity contribution is 7.10. The maximum absolute atomic E-state index is 12.3. The van der Waals surface area contributed by atoms with Crippen LogP contribution >= 0.6 is 11.3 Å². The predicted octanol–water partition coefficient (Wildman–Crippen LogP) is 3.15. The molecule has 1 aromatic carbocycles. The summed E-state index contributed by atoms with van der Waals surface area (Å²) in [5, 5.41) is 4.56. The summed E-state index contributed by atoms with van der Waals surface area (Å²) >= 11 is 1.52. The lowest BCUT2D eigenvalue weighted by molar-refractivity contribution is -0.123.